The number of hydrogen-bond acceptors (Lipinski definition) is 1. The molecule has 1 fully saturated rings. The Hall–Kier alpha value is -1.57. The fraction of sp³-hybridized carbons (Fsp3) is 0.471. The summed E-state index contributed by atoms with van der Waals surface area (Å²) in [6, 6.07) is 10.4. The summed E-state index contributed by atoms with van der Waals surface area (Å²) in [6.45, 7) is 1.80. The van der Waals surface area contributed by atoms with Gasteiger partial charge in [0.2, 0.25) is 5.91 Å². The molecule has 1 aromatic rings. The van der Waals surface area contributed by atoms with Gasteiger partial charge in [-0.15, -0.1) is 0 Å². The first kappa shape index (κ1) is 12.5. The highest BCUT2D eigenvalue weighted by atomic mass is 16.2. The third-order valence-electron chi connectivity index (χ3n) is 4.42. The van der Waals surface area contributed by atoms with E-state index in [4.69, 9.17) is 0 Å². The van der Waals surface area contributed by atoms with Crippen LogP contribution in [-0.4, -0.2) is 23.9 Å². The number of carbonyl (C=O) groups is 1. The smallest absolute Gasteiger partial charge is 0.226 e. The molecule has 2 unspecified atom stereocenters. The molecule has 1 aromatic carbocycles. The molecule has 2 aliphatic rings. The van der Waals surface area contributed by atoms with Crippen molar-refractivity contribution in [2.45, 2.75) is 25.7 Å². The van der Waals surface area contributed by atoms with Gasteiger partial charge in [-0.05, 0) is 37.2 Å². The first-order valence-corrected chi connectivity index (χ1v) is 7.34. The van der Waals surface area contributed by atoms with Crippen LogP contribution in [0.4, 0.5) is 0 Å². The van der Waals surface area contributed by atoms with Crippen molar-refractivity contribution in [2.75, 3.05) is 13.1 Å². The highest BCUT2D eigenvalue weighted by Crippen LogP contribution is 2.32. The zero-order valence-electron chi connectivity index (χ0n) is 11.3. The second kappa shape index (κ2) is 5.60. The Bertz CT molecular complexity index is 465. The number of amides is 1. The number of benzene rings is 1. The first-order valence-electron chi connectivity index (χ1n) is 7.34. The zero-order chi connectivity index (χ0) is 13.1. The van der Waals surface area contributed by atoms with Crippen molar-refractivity contribution >= 4 is 5.91 Å². The Morgan fingerprint density at radius 2 is 2.00 bits per heavy atom. The Morgan fingerprint density at radius 3 is 2.84 bits per heavy atom. The lowest BCUT2D eigenvalue weighted by Crippen LogP contribution is -2.46. The molecule has 100 valence electrons. The molecule has 1 amide bonds. The molecule has 0 bridgehead atoms. The predicted octanol–water partition coefficient (Wildman–Crippen LogP) is 3.04. The lowest BCUT2D eigenvalue weighted by Gasteiger charge is -2.38. The summed E-state index contributed by atoms with van der Waals surface area (Å²) in [5.74, 6) is 1.15. The highest BCUT2D eigenvalue weighted by Gasteiger charge is 2.35. The van der Waals surface area contributed by atoms with E-state index in [1.54, 1.807) is 0 Å². The maximum Gasteiger partial charge on any atom is 0.226 e. The first-order chi connectivity index (χ1) is 9.34. The molecular formula is C17H21NO. The van der Waals surface area contributed by atoms with Crippen LogP contribution in [0.15, 0.2) is 42.5 Å². The Balaban J connectivity index is 1.60. The van der Waals surface area contributed by atoms with Gasteiger partial charge in [0, 0.05) is 19.0 Å². The number of carbonyl (C=O) groups excluding carboxylic acids is 1. The molecule has 0 N–H and O–H groups in total. The van der Waals surface area contributed by atoms with Crippen LogP contribution in [0.25, 0.3) is 0 Å². The summed E-state index contributed by atoms with van der Waals surface area (Å²) < 4.78 is 0. The molecular weight excluding hydrogens is 234 g/mol. The SMILES string of the molecule is O=C1C2CCC=CC2CCN1CCc1ccccc1. The van der Waals surface area contributed by atoms with Crippen LogP contribution < -0.4 is 0 Å². The van der Waals surface area contributed by atoms with Crippen molar-refractivity contribution in [1.29, 1.82) is 0 Å². The van der Waals surface area contributed by atoms with E-state index in [0.717, 1.165) is 38.8 Å². The van der Waals surface area contributed by atoms with E-state index < -0.39 is 0 Å². The molecule has 0 spiro atoms. The number of nitrogens with zero attached hydrogens (tertiary/aromatic N) is 1. The van der Waals surface area contributed by atoms with Crippen molar-refractivity contribution in [2.24, 2.45) is 11.8 Å². The number of hydrogen-bond donors (Lipinski definition) is 0. The molecule has 2 heteroatoms. The molecule has 1 saturated heterocycles. The minimum atomic E-state index is 0.259. The molecule has 0 aromatic heterocycles. The summed E-state index contributed by atoms with van der Waals surface area (Å²) >= 11 is 0. The Morgan fingerprint density at radius 1 is 1.16 bits per heavy atom. The Labute approximate surface area is 115 Å². The fourth-order valence-electron chi connectivity index (χ4n) is 3.28. The lowest BCUT2D eigenvalue weighted by molar-refractivity contribution is -0.140. The van der Waals surface area contributed by atoms with E-state index in [2.05, 4.69) is 41.3 Å². The van der Waals surface area contributed by atoms with Gasteiger partial charge in [-0.1, -0.05) is 42.5 Å². The third-order valence-corrected chi connectivity index (χ3v) is 4.42. The van der Waals surface area contributed by atoms with Crippen molar-refractivity contribution in [1.82, 2.24) is 4.90 Å². The number of rotatable bonds is 3. The van der Waals surface area contributed by atoms with E-state index in [9.17, 15) is 4.79 Å². The minimum absolute atomic E-state index is 0.259. The van der Waals surface area contributed by atoms with Crippen LogP contribution in [0.5, 0.6) is 0 Å². The summed E-state index contributed by atoms with van der Waals surface area (Å²) in [5, 5.41) is 0. The zero-order valence-corrected chi connectivity index (χ0v) is 11.3. The van der Waals surface area contributed by atoms with Gasteiger partial charge in [-0.25, -0.2) is 0 Å². The second-order valence-corrected chi connectivity index (χ2v) is 5.63. The highest BCUT2D eigenvalue weighted by molar-refractivity contribution is 5.80. The van der Waals surface area contributed by atoms with E-state index in [0.29, 0.717) is 11.8 Å². The van der Waals surface area contributed by atoms with Crippen molar-refractivity contribution in [3.8, 4) is 0 Å². The summed E-state index contributed by atoms with van der Waals surface area (Å²) in [5.41, 5.74) is 1.32. The van der Waals surface area contributed by atoms with Crippen molar-refractivity contribution in [3.05, 3.63) is 48.0 Å². The monoisotopic (exact) mass is 255 g/mol. The molecule has 1 aliphatic carbocycles. The van der Waals surface area contributed by atoms with Gasteiger partial charge in [0.1, 0.15) is 0 Å². The molecule has 2 nitrogen and oxygen atoms in total. The Kier molecular flexibility index (Phi) is 3.67. The van der Waals surface area contributed by atoms with Gasteiger partial charge in [-0.3, -0.25) is 4.79 Å². The number of piperidine rings is 1. The summed E-state index contributed by atoms with van der Waals surface area (Å²) in [6.07, 6.45) is 8.73. The van der Waals surface area contributed by atoms with Crippen molar-refractivity contribution < 1.29 is 4.79 Å². The van der Waals surface area contributed by atoms with Gasteiger partial charge >= 0.3 is 0 Å². The van der Waals surface area contributed by atoms with Gasteiger partial charge < -0.3 is 4.90 Å². The number of likely N-dealkylation sites (tertiary alicyclic amines) is 1. The van der Waals surface area contributed by atoms with E-state index in [1.807, 2.05) is 6.07 Å². The summed E-state index contributed by atoms with van der Waals surface area (Å²) in [7, 11) is 0. The van der Waals surface area contributed by atoms with Gasteiger partial charge in [0.15, 0.2) is 0 Å². The van der Waals surface area contributed by atoms with E-state index in [1.165, 1.54) is 5.56 Å². The molecule has 1 aliphatic heterocycles. The van der Waals surface area contributed by atoms with Crippen LogP contribution in [0, 0.1) is 11.8 Å². The van der Waals surface area contributed by atoms with Gasteiger partial charge in [0.25, 0.3) is 0 Å². The van der Waals surface area contributed by atoms with Crippen LogP contribution in [-0.2, 0) is 11.2 Å². The van der Waals surface area contributed by atoms with Gasteiger partial charge in [0.05, 0.1) is 0 Å². The normalized spacial score (nSPS) is 26.3. The molecule has 1 heterocycles. The standard InChI is InChI=1S/C17H21NO/c19-17-16-9-5-4-8-15(16)11-13-18(17)12-10-14-6-2-1-3-7-14/h1-4,6-8,15-16H,5,9-13H2. The predicted molar refractivity (Wildman–Crippen MR) is 76.7 cm³/mol. The number of allylic oxidation sites excluding steroid dienone is 2. The molecule has 0 radical (unpaired) electrons. The maximum absolute atomic E-state index is 12.5. The quantitative estimate of drug-likeness (QED) is 0.760. The largest absolute Gasteiger partial charge is 0.342 e. The topological polar surface area (TPSA) is 20.3 Å². The molecule has 0 saturated carbocycles. The lowest BCUT2D eigenvalue weighted by atomic mass is 9.78. The molecule has 2 atom stereocenters. The van der Waals surface area contributed by atoms with Gasteiger partial charge in [-0.2, -0.15) is 0 Å². The van der Waals surface area contributed by atoms with Crippen LogP contribution in [0.1, 0.15) is 24.8 Å². The average Bonchev–Trinajstić information content (AvgIpc) is 2.48. The van der Waals surface area contributed by atoms with E-state index in [-0.39, 0.29) is 5.92 Å². The van der Waals surface area contributed by atoms with E-state index >= 15 is 0 Å². The third kappa shape index (κ3) is 2.73. The fourth-order valence-corrected chi connectivity index (χ4v) is 3.28. The van der Waals surface area contributed by atoms with Crippen LogP contribution in [0.3, 0.4) is 0 Å². The molecule has 3 rings (SSSR count). The average molecular weight is 255 g/mol. The van der Waals surface area contributed by atoms with Crippen molar-refractivity contribution in [3.63, 3.8) is 0 Å². The van der Waals surface area contributed by atoms with Crippen LogP contribution in [0.2, 0.25) is 0 Å². The minimum Gasteiger partial charge on any atom is -0.342 e. The summed E-state index contributed by atoms with van der Waals surface area (Å²) in [4.78, 5) is 14.5. The number of fused-ring (bicyclic) bond motifs is 1. The van der Waals surface area contributed by atoms with Crippen LogP contribution >= 0.6 is 0 Å². The maximum atomic E-state index is 12.5. The molecule has 19 heavy (non-hydrogen) atoms. The second-order valence-electron chi connectivity index (χ2n) is 5.63.